The Kier molecular flexibility index (Phi) is 14.2. The van der Waals surface area contributed by atoms with Gasteiger partial charge < -0.3 is 29.2 Å². The molecule has 1 unspecified atom stereocenters. The first-order chi connectivity index (χ1) is 21.9. The highest BCUT2D eigenvalue weighted by Crippen LogP contribution is 2.29. The fourth-order valence-corrected chi connectivity index (χ4v) is 6.07. The van der Waals surface area contributed by atoms with E-state index in [9.17, 15) is 19.8 Å². The van der Waals surface area contributed by atoms with E-state index in [1.54, 1.807) is 0 Å². The fourth-order valence-electron chi connectivity index (χ4n) is 6.07. The van der Waals surface area contributed by atoms with Crippen LogP contribution in [0.1, 0.15) is 89.5 Å². The number of benzene rings is 3. The third kappa shape index (κ3) is 12.1. The van der Waals surface area contributed by atoms with Crippen molar-refractivity contribution >= 4 is 22.5 Å². The lowest BCUT2D eigenvalue weighted by Crippen LogP contribution is -2.21. The van der Waals surface area contributed by atoms with Gasteiger partial charge in [-0.3, -0.25) is 4.79 Å². The molecular weight excluding hydrogens is 568 g/mol. The Morgan fingerprint density at radius 2 is 1.40 bits per heavy atom. The van der Waals surface area contributed by atoms with Gasteiger partial charge in [0, 0.05) is 12.8 Å². The summed E-state index contributed by atoms with van der Waals surface area (Å²) >= 11 is 0. The maximum atomic E-state index is 11.8. The Bertz CT molecular complexity index is 1340. The third-order valence-corrected chi connectivity index (χ3v) is 8.51. The Morgan fingerprint density at radius 1 is 0.800 bits per heavy atom. The van der Waals surface area contributed by atoms with Crippen LogP contribution >= 0.6 is 0 Å². The highest BCUT2D eigenvalue weighted by molar-refractivity contribution is 5.84. The standard InChI is InChI=1S/C38H50O7/c1-28(39)22-32-25-35(45-38(32)42)17-9-7-5-3-2-4-6-8-16-33(40)26-43-36-18-12-13-19-37(36)44-27-34(41)24-29-20-21-30-14-10-11-15-31(30)23-29/h10-15,18-21,23,32-35,40-41H,2-9,16-17,22,24-27H2,1H3/t32?,33-,34+,35-/m1/s1. The van der Waals surface area contributed by atoms with E-state index in [0.717, 1.165) is 49.5 Å². The summed E-state index contributed by atoms with van der Waals surface area (Å²) in [6.07, 6.45) is 10.8. The minimum atomic E-state index is -0.657. The van der Waals surface area contributed by atoms with Crippen molar-refractivity contribution in [3.05, 3.63) is 72.3 Å². The normalized spacial score (nSPS) is 17.6. The molecule has 244 valence electrons. The van der Waals surface area contributed by atoms with Crippen LogP contribution in [-0.4, -0.2) is 53.5 Å². The first-order valence-electron chi connectivity index (χ1n) is 16.8. The molecule has 1 heterocycles. The van der Waals surface area contributed by atoms with Gasteiger partial charge in [0.05, 0.1) is 18.1 Å². The van der Waals surface area contributed by atoms with E-state index >= 15 is 0 Å². The van der Waals surface area contributed by atoms with Crippen LogP contribution in [0, 0.1) is 5.92 Å². The number of esters is 1. The van der Waals surface area contributed by atoms with E-state index in [4.69, 9.17) is 14.2 Å². The molecule has 0 radical (unpaired) electrons. The maximum Gasteiger partial charge on any atom is 0.309 e. The molecular formula is C38H50O7. The minimum Gasteiger partial charge on any atom is -0.487 e. The summed E-state index contributed by atoms with van der Waals surface area (Å²) in [4.78, 5) is 23.1. The number of hydrogen-bond acceptors (Lipinski definition) is 7. The Hall–Kier alpha value is -3.42. The van der Waals surface area contributed by atoms with Gasteiger partial charge in [-0.1, -0.05) is 99.5 Å². The van der Waals surface area contributed by atoms with E-state index in [-0.39, 0.29) is 37.0 Å². The van der Waals surface area contributed by atoms with Crippen molar-refractivity contribution in [2.45, 2.75) is 109 Å². The fraction of sp³-hybridized carbons (Fsp3) is 0.526. The van der Waals surface area contributed by atoms with Crippen molar-refractivity contribution in [2.75, 3.05) is 13.2 Å². The summed E-state index contributed by atoms with van der Waals surface area (Å²) in [5.74, 6) is 0.736. The number of unbranched alkanes of at least 4 members (excludes halogenated alkanes) is 7. The van der Waals surface area contributed by atoms with Crippen molar-refractivity contribution in [2.24, 2.45) is 5.92 Å². The molecule has 4 rings (SSSR count). The van der Waals surface area contributed by atoms with Crippen LogP contribution in [0.25, 0.3) is 10.8 Å². The van der Waals surface area contributed by atoms with E-state index in [0.29, 0.717) is 37.2 Å². The highest BCUT2D eigenvalue weighted by atomic mass is 16.6. The summed E-state index contributed by atoms with van der Waals surface area (Å²) in [5.41, 5.74) is 1.06. The first-order valence-corrected chi connectivity index (χ1v) is 16.8. The van der Waals surface area contributed by atoms with E-state index in [2.05, 4.69) is 24.3 Å². The van der Waals surface area contributed by atoms with Crippen LogP contribution in [-0.2, 0) is 20.7 Å². The minimum absolute atomic E-state index is 0.0159. The number of aliphatic hydroxyl groups is 2. The average molecular weight is 619 g/mol. The zero-order valence-corrected chi connectivity index (χ0v) is 26.7. The molecule has 1 saturated heterocycles. The molecule has 0 saturated carbocycles. The van der Waals surface area contributed by atoms with Gasteiger partial charge in [0.1, 0.15) is 25.1 Å². The zero-order valence-electron chi connectivity index (χ0n) is 26.7. The molecule has 7 heteroatoms. The quantitative estimate of drug-likeness (QED) is 0.0949. The third-order valence-electron chi connectivity index (χ3n) is 8.51. The zero-order chi connectivity index (χ0) is 31.9. The molecule has 0 spiro atoms. The molecule has 2 N–H and O–H groups in total. The average Bonchev–Trinajstić information content (AvgIpc) is 3.37. The number of aliphatic hydroxyl groups excluding tert-OH is 2. The number of hydrogen-bond donors (Lipinski definition) is 2. The van der Waals surface area contributed by atoms with Gasteiger partial charge >= 0.3 is 5.97 Å². The molecule has 1 fully saturated rings. The summed E-state index contributed by atoms with van der Waals surface area (Å²) in [6, 6.07) is 21.8. The van der Waals surface area contributed by atoms with Crippen LogP contribution < -0.4 is 9.47 Å². The molecule has 3 aromatic rings. The number of rotatable bonds is 21. The number of Topliss-reactive ketones (excluding diaryl/α,β-unsaturated/α-hetero) is 1. The highest BCUT2D eigenvalue weighted by Gasteiger charge is 2.34. The second-order valence-corrected chi connectivity index (χ2v) is 12.6. The second kappa shape index (κ2) is 18.5. The number of carbonyl (C=O) groups is 2. The lowest BCUT2D eigenvalue weighted by molar-refractivity contribution is -0.145. The van der Waals surface area contributed by atoms with Gasteiger partial charge in [-0.25, -0.2) is 0 Å². The molecule has 4 atom stereocenters. The number of ketones is 1. The van der Waals surface area contributed by atoms with Crippen molar-refractivity contribution < 1.29 is 34.0 Å². The number of carbonyl (C=O) groups excluding carboxylic acids is 2. The van der Waals surface area contributed by atoms with E-state index in [1.807, 2.05) is 42.5 Å². The predicted octanol–water partition coefficient (Wildman–Crippen LogP) is 7.37. The number of ether oxygens (including phenoxy) is 3. The number of cyclic esters (lactones) is 1. The smallest absolute Gasteiger partial charge is 0.309 e. The molecule has 1 aliphatic rings. The topological polar surface area (TPSA) is 102 Å². The second-order valence-electron chi connectivity index (χ2n) is 12.6. The molecule has 3 aromatic carbocycles. The maximum absolute atomic E-state index is 11.8. The summed E-state index contributed by atoms with van der Waals surface area (Å²) in [6.45, 7) is 1.87. The van der Waals surface area contributed by atoms with Crippen LogP contribution in [0.15, 0.2) is 66.7 Å². The summed E-state index contributed by atoms with van der Waals surface area (Å²) in [5, 5.41) is 23.4. The van der Waals surface area contributed by atoms with Gasteiger partial charge in [0.25, 0.3) is 0 Å². The van der Waals surface area contributed by atoms with Crippen molar-refractivity contribution in [1.29, 1.82) is 0 Å². The molecule has 45 heavy (non-hydrogen) atoms. The molecule has 0 aliphatic carbocycles. The molecule has 0 bridgehead atoms. The Morgan fingerprint density at radius 3 is 2.09 bits per heavy atom. The van der Waals surface area contributed by atoms with Crippen LogP contribution in [0.4, 0.5) is 0 Å². The Balaban J connectivity index is 1.02. The van der Waals surface area contributed by atoms with Gasteiger partial charge in [-0.15, -0.1) is 0 Å². The number of fused-ring (bicyclic) bond motifs is 1. The van der Waals surface area contributed by atoms with Gasteiger partial charge in [0.15, 0.2) is 11.5 Å². The Labute approximate surface area is 267 Å². The van der Waals surface area contributed by atoms with Gasteiger partial charge in [0.2, 0.25) is 0 Å². The summed E-state index contributed by atoms with van der Waals surface area (Å²) < 4.78 is 17.2. The summed E-state index contributed by atoms with van der Waals surface area (Å²) in [7, 11) is 0. The predicted molar refractivity (Wildman–Crippen MR) is 177 cm³/mol. The first kappa shape index (κ1) is 34.5. The van der Waals surface area contributed by atoms with Gasteiger partial charge in [-0.05, 0) is 61.1 Å². The van der Waals surface area contributed by atoms with Crippen molar-refractivity contribution in [3.63, 3.8) is 0 Å². The molecule has 7 nitrogen and oxygen atoms in total. The van der Waals surface area contributed by atoms with Gasteiger partial charge in [-0.2, -0.15) is 0 Å². The largest absolute Gasteiger partial charge is 0.487 e. The van der Waals surface area contributed by atoms with E-state index in [1.165, 1.54) is 31.6 Å². The molecule has 0 amide bonds. The van der Waals surface area contributed by atoms with Crippen LogP contribution in [0.2, 0.25) is 0 Å². The van der Waals surface area contributed by atoms with Crippen molar-refractivity contribution in [3.8, 4) is 11.5 Å². The number of para-hydroxylation sites is 2. The SMILES string of the molecule is CC(=O)CC1C[C@@H](CCCCCCCCCC[C@@H](O)COc2ccccc2OC[C@@H](O)Cc2ccc3ccccc3c2)OC1=O. The molecule has 1 aliphatic heterocycles. The lowest BCUT2D eigenvalue weighted by atomic mass is 9.96. The van der Waals surface area contributed by atoms with Crippen LogP contribution in [0.3, 0.4) is 0 Å². The lowest BCUT2D eigenvalue weighted by Gasteiger charge is -2.17. The monoisotopic (exact) mass is 618 g/mol. The van der Waals surface area contributed by atoms with Crippen molar-refractivity contribution in [1.82, 2.24) is 0 Å². The molecule has 0 aromatic heterocycles. The van der Waals surface area contributed by atoms with E-state index < -0.39 is 12.2 Å². The van der Waals surface area contributed by atoms with Crippen LogP contribution in [0.5, 0.6) is 11.5 Å².